The van der Waals surface area contributed by atoms with E-state index in [2.05, 4.69) is 24.8 Å². The van der Waals surface area contributed by atoms with E-state index in [4.69, 9.17) is 15.2 Å². The van der Waals surface area contributed by atoms with E-state index in [9.17, 15) is 0 Å². The molecule has 1 aromatic rings. The number of benzene rings is 1. The number of nitrogens with zero attached hydrogens (tertiary/aromatic N) is 1. The Kier molecular flexibility index (Phi) is 6.82. The molecule has 114 valence electrons. The predicted octanol–water partition coefficient (Wildman–Crippen LogP) is 2.82. The quantitative estimate of drug-likeness (QED) is 0.795. The molecular weight excluding hydrogens is 252 g/mol. The van der Waals surface area contributed by atoms with Gasteiger partial charge in [0.25, 0.3) is 0 Å². The second-order valence-electron chi connectivity index (χ2n) is 5.51. The van der Waals surface area contributed by atoms with Crippen LogP contribution in [-0.4, -0.2) is 33.9 Å². The van der Waals surface area contributed by atoms with Crippen LogP contribution in [0.5, 0.6) is 5.75 Å². The van der Waals surface area contributed by atoms with Gasteiger partial charge in [0.05, 0.1) is 13.7 Å². The molecule has 0 spiro atoms. The molecule has 0 amide bonds. The van der Waals surface area contributed by atoms with Crippen molar-refractivity contribution >= 4 is 5.69 Å². The topological polar surface area (TPSA) is 47.7 Å². The SMILES string of the molecule is COCCN(CC(C)C)c1cccc(OC)c1[C@H](C)N. The highest BCUT2D eigenvalue weighted by Gasteiger charge is 2.18. The second kappa shape index (κ2) is 8.12. The van der Waals surface area contributed by atoms with Crippen LogP contribution >= 0.6 is 0 Å². The molecule has 0 aliphatic rings. The first-order chi connectivity index (χ1) is 9.51. The fraction of sp³-hybridized carbons (Fsp3) is 0.625. The predicted molar refractivity (Wildman–Crippen MR) is 84.5 cm³/mol. The van der Waals surface area contributed by atoms with E-state index in [0.29, 0.717) is 12.5 Å². The van der Waals surface area contributed by atoms with E-state index in [-0.39, 0.29) is 6.04 Å². The Morgan fingerprint density at radius 3 is 2.40 bits per heavy atom. The normalized spacial score (nSPS) is 12.6. The monoisotopic (exact) mass is 280 g/mol. The molecule has 0 saturated carbocycles. The molecule has 0 fully saturated rings. The van der Waals surface area contributed by atoms with Gasteiger partial charge in [-0.25, -0.2) is 0 Å². The minimum atomic E-state index is -0.0710. The number of rotatable bonds is 8. The molecule has 4 nitrogen and oxygen atoms in total. The highest BCUT2D eigenvalue weighted by Crippen LogP contribution is 2.33. The molecule has 4 heteroatoms. The Morgan fingerprint density at radius 2 is 1.90 bits per heavy atom. The molecule has 1 rings (SSSR count). The number of hydrogen-bond acceptors (Lipinski definition) is 4. The van der Waals surface area contributed by atoms with E-state index in [1.54, 1.807) is 14.2 Å². The molecule has 0 heterocycles. The largest absolute Gasteiger partial charge is 0.496 e. The van der Waals surface area contributed by atoms with Gasteiger partial charge >= 0.3 is 0 Å². The molecule has 0 bridgehead atoms. The summed E-state index contributed by atoms with van der Waals surface area (Å²) >= 11 is 0. The summed E-state index contributed by atoms with van der Waals surface area (Å²) in [5.74, 6) is 1.42. The highest BCUT2D eigenvalue weighted by molar-refractivity contribution is 5.60. The summed E-state index contributed by atoms with van der Waals surface area (Å²) < 4.78 is 10.7. The van der Waals surface area contributed by atoms with Gasteiger partial charge in [0.2, 0.25) is 0 Å². The molecule has 0 aliphatic heterocycles. The number of nitrogens with two attached hydrogens (primary N) is 1. The summed E-state index contributed by atoms with van der Waals surface area (Å²) in [7, 11) is 3.42. The fourth-order valence-electron chi connectivity index (χ4n) is 2.40. The zero-order chi connectivity index (χ0) is 15.1. The maximum atomic E-state index is 6.15. The zero-order valence-corrected chi connectivity index (χ0v) is 13.3. The van der Waals surface area contributed by atoms with Crippen molar-refractivity contribution in [3.63, 3.8) is 0 Å². The van der Waals surface area contributed by atoms with Crippen LogP contribution in [0.2, 0.25) is 0 Å². The minimum Gasteiger partial charge on any atom is -0.496 e. The van der Waals surface area contributed by atoms with Crippen LogP contribution in [0.15, 0.2) is 18.2 Å². The van der Waals surface area contributed by atoms with Crippen LogP contribution in [0.3, 0.4) is 0 Å². The second-order valence-corrected chi connectivity index (χ2v) is 5.51. The maximum absolute atomic E-state index is 6.15. The van der Waals surface area contributed by atoms with Crippen molar-refractivity contribution in [2.45, 2.75) is 26.8 Å². The van der Waals surface area contributed by atoms with Crippen LogP contribution in [-0.2, 0) is 4.74 Å². The first kappa shape index (κ1) is 16.8. The van der Waals surface area contributed by atoms with E-state index in [1.165, 1.54) is 0 Å². The van der Waals surface area contributed by atoms with E-state index in [0.717, 1.165) is 30.1 Å². The zero-order valence-electron chi connectivity index (χ0n) is 13.3. The lowest BCUT2D eigenvalue weighted by Gasteiger charge is -2.30. The van der Waals surface area contributed by atoms with Crippen molar-refractivity contribution in [2.24, 2.45) is 11.7 Å². The van der Waals surface area contributed by atoms with Crippen LogP contribution in [0.4, 0.5) is 5.69 Å². The Balaban J connectivity index is 3.16. The molecule has 0 unspecified atom stereocenters. The Morgan fingerprint density at radius 1 is 1.20 bits per heavy atom. The van der Waals surface area contributed by atoms with Crippen molar-refractivity contribution in [2.75, 3.05) is 38.8 Å². The molecule has 20 heavy (non-hydrogen) atoms. The summed E-state index contributed by atoms with van der Waals surface area (Å²) in [5.41, 5.74) is 8.36. The van der Waals surface area contributed by atoms with E-state index >= 15 is 0 Å². The van der Waals surface area contributed by atoms with Crippen molar-refractivity contribution in [1.29, 1.82) is 0 Å². The molecule has 0 aromatic heterocycles. The van der Waals surface area contributed by atoms with Gasteiger partial charge < -0.3 is 20.1 Å². The number of methoxy groups -OCH3 is 2. The average Bonchev–Trinajstić information content (AvgIpc) is 2.41. The highest BCUT2D eigenvalue weighted by atomic mass is 16.5. The molecular formula is C16H28N2O2. The number of ether oxygens (including phenoxy) is 2. The summed E-state index contributed by atoms with van der Waals surface area (Å²) in [5, 5.41) is 0. The lowest BCUT2D eigenvalue weighted by molar-refractivity contribution is 0.204. The van der Waals surface area contributed by atoms with E-state index in [1.807, 2.05) is 19.1 Å². The third kappa shape index (κ3) is 4.39. The Bertz CT molecular complexity index is 405. The van der Waals surface area contributed by atoms with Gasteiger partial charge in [-0.1, -0.05) is 19.9 Å². The lowest BCUT2D eigenvalue weighted by Crippen LogP contribution is -2.32. The molecule has 1 atom stereocenters. The molecule has 2 N–H and O–H groups in total. The summed E-state index contributed by atoms with van der Waals surface area (Å²) in [6, 6.07) is 6.02. The molecule has 0 radical (unpaired) electrons. The number of hydrogen-bond donors (Lipinski definition) is 1. The first-order valence-corrected chi connectivity index (χ1v) is 7.17. The average molecular weight is 280 g/mol. The standard InChI is InChI=1S/C16H28N2O2/c1-12(2)11-18(9-10-19-4)14-7-6-8-15(20-5)16(14)13(3)17/h6-8,12-13H,9-11,17H2,1-5H3/t13-/m0/s1. The van der Waals surface area contributed by atoms with Crippen LogP contribution in [0.1, 0.15) is 32.4 Å². The molecule has 1 aromatic carbocycles. The third-order valence-electron chi connectivity index (χ3n) is 3.21. The smallest absolute Gasteiger partial charge is 0.125 e. The van der Waals surface area contributed by atoms with Crippen molar-refractivity contribution < 1.29 is 9.47 Å². The molecule has 0 saturated heterocycles. The summed E-state index contributed by atoms with van der Waals surface area (Å²) in [6.45, 7) is 8.93. The summed E-state index contributed by atoms with van der Waals surface area (Å²) in [6.07, 6.45) is 0. The van der Waals surface area contributed by atoms with Crippen LogP contribution < -0.4 is 15.4 Å². The van der Waals surface area contributed by atoms with Crippen LogP contribution in [0, 0.1) is 5.92 Å². The van der Waals surface area contributed by atoms with Gasteiger partial charge in [0.1, 0.15) is 5.75 Å². The van der Waals surface area contributed by atoms with Crippen molar-refractivity contribution in [3.8, 4) is 5.75 Å². The van der Waals surface area contributed by atoms with Crippen LogP contribution in [0.25, 0.3) is 0 Å². The van der Waals surface area contributed by atoms with Crippen molar-refractivity contribution in [3.05, 3.63) is 23.8 Å². The Labute approximate surface area is 122 Å². The summed E-state index contributed by atoms with van der Waals surface area (Å²) in [4.78, 5) is 2.33. The van der Waals surface area contributed by atoms with Gasteiger partial charge in [0.15, 0.2) is 0 Å². The number of anilines is 1. The fourth-order valence-corrected chi connectivity index (χ4v) is 2.40. The Hall–Kier alpha value is -1.26. The van der Waals surface area contributed by atoms with Gasteiger partial charge in [-0.15, -0.1) is 0 Å². The van der Waals surface area contributed by atoms with Gasteiger partial charge in [0, 0.05) is 37.5 Å². The van der Waals surface area contributed by atoms with Gasteiger partial charge in [-0.3, -0.25) is 0 Å². The lowest BCUT2D eigenvalue weighted by atomic mass is 10.0. The third-order valence-corrected chi connectivity index (χ3v) is 3.21. The van der Waals surface area contributed by atoms with E-state index < -0.39 is 0 Å². The first-order valence-electron chi connectivity index (χ1n) is 7.17. The maximum Gasteiger partial charge on any atom is 0.125 e. The minimum absolute atomic E-state index is 0.0710. The van der Waals surface area contributed by atoms with Gasteiger partial charge in [-0.2, -0.15) is 0 Å². The van der Waals surface area contributed by atoms with Crippen molar-refractivity contribution in [1.82, 2.24) is 0 Å². The molecule has 0 aliphatic carbocycles. The van der Waals surface area contributed by atoms with Gasteiger partial charge in [-0.05, 0) is 25.0 Å².